The third-order valence-corrected chi connectivity index (χ3v) is 3.38. The van der Waals surface area contributed by atoms with Gasteiger partial charge in [-0.15, -0.1) is 0 Å². The minimum absolute atomic E-state index is 0.0208. The molecule has 1 N–H and O–H groups in total. The van der Waals surface area contributed by atoms with E-state index in [0.717, 1.165) is 14.5 Å². The molecule has 0 radical (unpaired) electrons. The Bertz CT molecular complexity index is 410. The van der Waals surface area contributed by atoms with Crippen LogP contribution in [0.5, 0.6) is 5.75 Å². The fraction of sp³-hybridized carbons (Fsp3) is 0.462. The highest BCUT2D eigenvalue weighted by molar-refractivity contribution is 9.11. The van der Waals surface area contributed by atoms with Crippen LogP contribution in [-0.4, -0.2) is 19.1 Å². The molecule has 1 aromatic carbocycles. The van der Waals surface area contributed by atoms with Crippen molar-refractivity contribution in [2.24, 2.45) is 5.92 Å². The Morgan fingerprint density at radius 2 is 1.89 bits per heavy atom. The van der Waals surface area contributed by atoms with Crippen LogP contribution in [0.4, 0.5) is 0 Å². The predicted octanol–water partition coefficient (Wildman–Crippen LogP) is 3.67. The predicted molar refractivity (Wildman–Crippen MR) is 79.9 cm³/mol. The third-order valence-electron chi connectivity index (χ3n) is 2.20. The van der Waals surface area contributed by atoms with Gasteiger partial charge in [0.15, 0.2) is 6.61 Å². The summed E-state index contributed by atoms with van der Waals surface area (Å²) in [5, 5.41) is 2.81. The Hall–Kier alpha value is -0.550. The van der Waals surface area contributed by atoms with E-state index in [4.69, 9.17) is 4.74 Å². The zero-order valence-corrected chi connectivity index (χ0v) is 13.9. The van der Waals surface area contributed by atoms with Gasteiger partial charge in [-0.1, -0.05) is 13.8 Å². The first-order valence-corrected chi connectivity index (χ1v) is 7.34. The van der Waals surface area contributed by atoms with Gasteiger partial charge in [0, 0.05) is 6.54 Å². The smallest absolute Gasteiger partial charge is 0.257 e. The average molecular weight is 379 g/mol. The summed E-state index contributed by atoms with van der Waals surface area (Å²) in [6.07, 6.45) is 0. The van der Waals surface area contributed by atoms with Gasteiger partial charge in [0.1, 0.15) is 5.75 Å². The van der Waals surface area contributed by atoms with E-state index in [1.54, 1.807) is 0 Å². The monoisotopic (exact) mass is 377 g/mol. The van der Waals surface area contributed by atoms with Crippen LogP contribution in [0.3, 0.4) is 0 Å². The molecule has 0 atom stereocenters. The van der Waals surface area contributed by atoms with Gasteiger partial charge in [-0.25, -0.2) is 0 Å². The first kappa shape index (κ1) is 15.5. The fourth-order valence-corrected chi connectivity index (χ4v) is 2.98. The molecule has 18 heavy (non-hydrogen) atoms. The minimum Gasteiger partial charge on any atom is -0.481 e. The minimum atomic E-state index is -0.108. The first-order chi connectivity index (χ1) is 8.40. The van der Waals surface area contributed by atoms with E-state index < -0.39 is 0 Å². The molecule has 0 heterocycles. The molecule has 1 amide bonds. The first-order valence-electron chi connectivity index (χ1n) is 5.75. The van der Waals surface area contributed by atoms with E-state index in [1.807, 2.05) is 32.9 Å². The maximum absolute atomic E-state index is 11.5. The quantitative estimate of drug-likeness (QED) is 0.848. The van der Waals surface area contributed by atoms with Crippen molar-refractivity contribution in [1.29, 1.82) is 0 Å². The number of hydrogen-bond donors (Lipinski definition) is 1. The highest BCUT2D eigenvalue weighted by atomic mass is 79.9. The van der Waals surface area contributed by atoms with Gasteiger partial charge in [0.25, 0.3) is 5.91 Å². The Morgan fingerprint density at radius 3 is 2.39 bits per heavy atom. The lowest BCUT2D eigenvalue weighted by atomic mass is 10.2. The summed E-state index contributed by atoms with van der Waals surface area (Å²) in [6, 6.07) is 3.90. The summed E-state index contributed by atoms with van der Waals surface area (Å²) >= 11 is 6.85. The molecule has 0 aliphatic heterocycles. The standard InChI is InChI=1S/C13H17Br2NO2/c1-8(2)6-16-12(17)7-18-13-10(14)4-9(3)5-11(13)15/h4-5,8H,6-7H2,1-3H3,(H,16,17). The lowest BCUT2D eigenvalue weighted by Crippen LogP contribution is -2.31. The van der Waals surface area contributed by atoms with Gasteiger partial charge in [-0.05, 0) is 62.4 Å². The van der Waals surface area contributed by atoms with Gasteiger partial charge in [0.05, 0.1) is 8.95 Å². The van der Waals surface area contributed by atoms with Crippen molar-refractivity contribution in [3.63, 3.8) is 0 Å². The van der Waals surface area contributed by atoms with E-state index in [1.165, 1.54) is 0 Å². The molecule has 0 bridgehead atoms. The number of aryl methyl sites for hydroxylation is 1. The number of hydrogen-bond acceptors (Lipinski definition) is 2. The lowest BCUT2D eigenvalue weighted by Gasteiger charge is -2.12. The van der Waals surface area contributed by atoms with Crippen molar-refractivity contribution in [2.45, 2.75) is 20.8 Å². The maximum atomic E-state index is 11.5. The second-order valence-electron chi connectivity index (χ2n) is 4.54. The summed E-state index contributed by atoms with van der Waals surface area (Å²) < 4.78 is 7.19. The number of amides is 1. The lowest BCUT2D eigenvalue weighted by molar-refractivity contribution is -0.123. The number of benzene rings is 1. The Balaban J connectivity index is 2.56. The normalized spacial score (nSPS) is 10.6. The Labute approximate surface area is 125 Å². The highest BCUT2D eigenvalue weighted by Gasteiger charge is 2.10. The van der Waals surface area contributed by atoms with Gasteiger partial charge in [-0.3, -0.25) is 4.79 Å². The molecule has 100 valence electrons. The molecule has 0 aliphatic carbocycles. The van der Waals surface area contributed by atoms with E-state index in [0.29, 0.717) is 18.2 Å². The Kier molecular flexibility index (Phi) is 6.15. The zero-order chi connectivity index (χ0) is 13.7. The van der Waals surface area contributed by atoms with Crippen LogP contribution in [0.15, 0.2) is 21.1 Å². The van der Waals surface area contributed by atoms with Crippen LogP contribution in [0, 0.1) is 12.8 Å². The molecule has 0 unspecified atom stereocenters. The molecule has 0 aromatic heterocycles. The summed E-state index contributed by atoms with van der Waals surface area (Å²) in [7, 11) is 0. The molecule has 0 aliphatic rings. The van der Waals surface area contributed by atoms with E-state index >= 15 is 0 Å². The number of halogens is 2. The van der Waals surface area contributed by atoms with Gasteiger partial charge >= 0.3 is 0 Å². The molecule has 0 fully saturated rings. The van der Waals surface area contributed by atoms with Crippen LogP contribution in [0.1, 0.15) is 19.4 Å². The van der Waals surface area contributed by atoms with Crippen LogP contribution < -0.4 is 10.1 Å². The molecule has 3 nitrogen and oxygen atoms in total. The number of nitrogens with one attached hydrogen (secondary N) is 1. The van der Waals surface area contributed by atoms with Gasteiger partial charge in [0.2, 0.25) is 0 Å². The molecular weight excluding hydrogens is 362 g/mol. The van der Waals surface area contributed by atoms with Crippen molar-refractivity contribution in [3.05, 3.63) is 26.6 Å². The number of carbonyl (C=O) groups is 1. The molecule has 0 saturated heterocycles. The summed E-state index contributed by atoms with van der Waals surface area (Å²) in [5.74, 6) is 0.982. The molecule has 0 saturated carbocycles. The Morgan fingerprint density at radius 1 is 1.33 bits per heavy atom. The number of rotatable bonds is 5. The number of ether oxygens (including phenoxy) is 1. The molecule has 1 rings (SSSR count). The zero-order valence-electron chi connectivity index (χ0n) is 10.7. The van der Waals surface area contributed by atoms with Gasteiger partial charge in [-0.2, -0.15) is 0 Å². The second-order valence-corrected chi connectivity index (χ2v) is 6.25. The molecular formula is C13H17Br2NO2. The van der Waals surface area contributed by atoms with Gasteiger partial charge < -0.3 is 10.1 Å². The summed E-state index contributed by atoms with van der Waals surface area (Å²) in [4.78, 5) is 11.5. The fourth-order valence-electron chi connectivity index (χ4n) is 1.33. The van der Waals surface area contributed by atoms with E-state index in [-0.39, 0.29) is 12.5 Å². The SMILES string of the molecule is Cc1cc(Br)c(OCC(=O)NCC(C)C)c(Br)c1. The van der Waals surface area contributed by atoms with Crippen LogP contribution in [0.25, 0.3) is 0 Å². The summed E-state index contributed by atoms with van der Waals surface area (Å²) in [5.41, 5.74) is 1.12. The van der Waals surface area contributed by atoms with Crippen molar-refractivity contribution in [2.75, 3.05) is 13.2 Å². The van der Waals surface area contributed by atoms with Crippen LogP contribution >= 0.6 is 31.9 Å². The van der Waals surface area contributed by atoms with E-state index in [9.17, 15) is 4.79 Å². The van der Waals surface area contributed by atoms with Crippen molar-refractivity contribution in [3.8, 4) is 5.75 Å². The van der Waals surface area contributed by atoms with Crippen molar-refractivity contribution in [1.82, 2.24) is 5.32 Å². The summed E-state index contributed by atoms with van der Waals surface area (Å²) in [6.45, 7) is 6.78. The molecule has 0 spiro atoms. The molecule has 5 heteroatoms. The molecule has 1 aromatic rings. The second kappa shape index (κ2) is 7.14. The largest absolute Gasteiger partial charge is 0.481 e. The van der Waals surface area contributed by atoms with Crippen molar-refractivity contribution >= 4 is 37.8 Å². The van der Waals surface area contributed by atoms with Crippen molar-refractivity contribution < 1.29 is 9.53 Å². The average Bonchev–Trinajstić information content (AvgIpc) is 2.24. The maximum Gasteiger partial charge on any atom is 0.257 e. The number of carbonyl (C=O) groups excluding carboxylic acids is 1. The highest BCUT2D eigenvalue weighted by Crippen LogP contribution is 2.34. The topological polar surface area (TPSA) is 38.3 Å². The van der Waals surface area contributed by atoms with Crippen LogP contribution in [0.2, 0.25) is 0 Å². The van der Waals surface area contributed by atoms with E-state index in [2.05, 4.69) is 37.2 Å². The third kappa shape index (κ3) is 4.98. The van der Waals surface area contributed by atoms with Crippen LogP contribution in [-0.2, 0) is 4.79 Å².